The van der Waals surface area contributed by atoms with Gasteiger partial charge in [-0.3, -0.25) is 14.8 Å². The van der Waals surface area contributed by atoms with Crippen LogP contribution < -0.4 is 10.1 Å². The van der Waals surface area contributed by atoms with E-state index in [0.717, 1.165) is 25.3 Å². The van der Waals surface area contributed by atoms with Gasteiger partial charge in [-0.05, 0) is 25.1 Å². The van der Waals surface area contributed by atoms with Crippen LogP contribution in [0.5, 0.6) is 5.75 Å². The Kier molecular flexibility index (Phi) is 4.73. The van der Waals surface area contributed by atoms with Crippen LogP contribution in [0.4, 0.5) is 0 Å². The molecule has 5 heteroatoms. The number of rotatable bonds is 6. The van der Waals surface area contributed by atoms with E-state index >= 15 is 0 Å². The van der Waals surface area contributed by atoms with E-state index in [-0.39, 0.29) is 0 Å². The number of piperazine rings is 3. The van der Waals surface area contributed by atoms with Crippen LogP contribution in [-0.2, 0) is 0 Å². The Bertz CT molecular complexity index is 459. The number of hydrogen-bond donors (Lipinski definition) is 1. The standard InChI is InChI=1S/C16H26N4O/c1-3-8-21-14-9-13(10-18-11-14)16(17-2)15-12-19-4-6-20(15)7-5-19/h9-11,15-17H,3-8,12H2,1-2H3. The van der Waals surface area contributed by atoms with E-state index in [1.807, 2.05) is 19.4 Å². The van der Waals surface area contributed by atoms with Crippen LogP contribution in [0.1, 0.15) is 24.9 Å². The first-order valence-electron chi connectivity index (χ1n) is 8.03. The van der Waals surface area contributed by atoms with Crippen molar-refractivity contribution in [3.63, 3.8) is 0 Å². The lowest BCUT2D eigenvalue weighted by atomic mass is 9.95. The topological polar surface area (TPSA) is 40.6 Å². The molecule has 0 radical (unpaired) electrons. The van der Waals surface area contributed by atoms with Gasteiger partial charge in [0.2, 0.25) is 0 Å². The highest BCUT2D eigenvalue weighted by Gasteiger charge is 2.36. The molecule has 21 heavy (non-hydrogen) atoms. The molecule has 0 amide bonds. The van der Waals surface area contributed by atoms with Gasteiger partial charge in [0.05, 0.1) is 18.8 Å². The largest absolute Gasteiger partial charge is 0.492 e. The van der Waals surface area contributed by atoms with E-state index in [0.29, 0.717) is 12.1 Å². The summed E-state index contributed by atoms with van der Waals surface area (Å²) in [5, 5.41) is 3.49. The molecule has 3 aliphatic rings. The predicted octanol–water partition coefficient (Wildman–Crippen LogP) is 1.13. The van der Waals surface area contributed by atoms with Crippen molar-refractivity contribution in [1.82, 2.24) is 20.1 Å². The first-order chi connectivity index (χ1) is 10.3. The lowest BCUT2D eigenvalue weighted by molar-refractivity contribution is -0.00262. The molecule has 116 valence electrons. The normalized spacial score (nSPS) is 29.3. The van der Waals surface area contributed by atoms with Gasteiger partial charge in [0.1, 0.15) is 5.75 Å². The molecule has 4 heterocycles. The molecule has 0 aliphatic carbocycles. The first-order valence-corrected chi connectivity index (χ1v) is 8.03. The van der Waals surface area contributed by atoms with E-state index in [1.165, 1.54) is 31.7 Å². The summed E-state index contributed by atoms with van der Waals surface area (Å²) in [6.45, 7) is 8.80. The van der Waals surface area contributed by atoms with Crippen molar-refractivity contribution in [1.29, 1.82) is 0 Å². The minimum absolute atomic E-state index is 0.311. The summed E-state index contributed by atoms with van der Waals surface area (Å²) in [5.74, 6) is 0.880. The first kappa shape index (κ1) is 14.8. The number of aromatic nitrogens is 1. The molecule has 1 N–H and O–H groups in total. The quantitative estimate of drug-likeness (QED) is 0.850. The lowest BCUT2D eigenvalue weighted by Gasteiger charge is -2.50. The highest BCUT2D eigenvalue weighted by molar-refractivity contribution is 5.27. The molecule has 5 nitrogen and oxygen atoms in total. The second-order valence-electron chi connectivity index (χ2n) is 5.97. The summed E-state index contributed by atoms with van der Waals surface area (Å²) < 4.78 is 5.73. The zero-order chi connectivity index (χ0) is 14.7. The summed E-state index contributed by atoms with van der Waals surface area (Å²) in [5.41, 5.74) is 1.23. The molecule has 3 aliphatic heterocycles. The molecule has 0 aromatic carbocycles. The predicted molar refractivity (Wildman–Crippen MR) is 83.6 cm³/mol. The molecule has 2 bridgehead atoms. The summed E-state index contributed by atoms with van der Waals surface area (Å²) in [6, 6.07) is 2.98. The molecule has 1 aromatic rings. The Morgan fingerprint density at radius 1 is 1.33 bits per heavy atom. The van der Waals surface area contributed by atoms with Crippen molar-refractivity contribution in [2.45, 2.75) is 25.4 Å². The number of pyridine rings is 1. The Balaban J connectivity index is 1.76. The fourth-order valence-corrected chi connectivity index (χ4v) is 3.46. The van der Waals surface area contributed by atoms with Crippen LogP contribution in [0.15, 0.2) is 18.5 Å². The average Bonchev–Trinajstić information content (AvgIpc) is 2.55. The maximum Gasteiger partial charge on any atom is 0.137 e. The van der Waals surface area contributed by atoms with Gasteiger partial charge in [-0.25, -0.2) is 0 Å². The maximum absolute atomic E-state index is 5.73. The molecule has 4 rings (SSSR count). The van der Waals surface area contributed by atoms with Crippen molar-refractivity contribution in [2.75, 3.05) is 46.4 Å². The van der Waals surface area contributed by atoms with E-state index in [9.17, 15) is 0 Å². The minimum atomic E-state index is 0.311. The van der Waals surface area contributed by atoms with E-state index in [2.05, 4.69) is 33.1 Å². The fourth-order valence-electron chi connectivity index (χ4n) is 3.46. The second kappa shape index (κ2) is 6.73. The minimum Gasteiger partial charge on any atom is -0.492 e. The van der Waals surface area contributed by atoms with Crippen molar-refractivity contribution < 1.29 is 4.74 Å². The van der Waals surface area contributed by atoms with Gasteiger partial charge in [0.25, 0.3) is 0 Å². The Morgan fingerprint density at radius 2 is 2.14 bits per heavy atom. The highest BCUT2D eigenvalue weighted by Crippen LogP contribution is 2.28. The number of hydrogen-bond acceptors (Lipinski definition) is 5. The van der Waals surface area contributed by atoms with Crippen LogP contribution in [0, 0.1) is 0 Å². The Morgan fingerprint density at radius 3 is 2.76 bits per heavy atom. The molecular formula is C16H26N4O. The summed E-state index contributed by atoms with van der Waals surface area (Å²) >= 11 is 0. The number of likely N-dealkylation sites (N-methyl/N-ethyl adjacent to an activating group) is 1. The fraction of sp³-hybridized carbons (Fsp3) is 0.688. The van der Waals surface area contributed by atoms with Crippen LogP contribution in [0.25, 0.3) is 0 Å². The van der Waals surface area contributed by atoms with Crippen molar-refractivity contribution in [2.24, 2.45) is 0 Å². The molecule has 3 saturated heterocycles. The number of fused-ring (bicyclic) bond motifs is 3. The Hall–Kier alpha value is -1.17. The van der Waals surface area contributed by atoms with Gasteiger partial charge >= 0.3 is 0 Å². The summed E-state index contributed by atoms with van der Waals surface area (Å²) in [7, 11) is 2.04. The van der Waals surface area contributed by atoms with Crippen molar-refractivity contribution in [3.8, 4) is 5.75 Å². The van der Waals surface area contributed by atoms with Crippen molar-refractivity contribution in [3.05, 3.63) is 24.0 Å². The van der Waals surface area contributed by atoms with E-state index in [4.69, 9.17) is 4.74 Å². The Labute approximate surface area is 127 Å². The van der Waals surface area contributed by atoms with Gasteiger partial charge in [-0.1, -0.05) is 6.92 Å². The third-order valence-electron chi connectivity index (χ3n) is 4.58. The van der Waals surface area contributed by atoms with E-state index in [1.54, 1.807) is 0 Å². The molecule has 2 atom stereocenters. The molecule has 3 fully saturated rings. The zero-order valence-corrected chi connectivity index (χ0v) is 13.1. The maximum atomic E-state index is 5.73. The SMILES string of the molecule is CCCOc1cncc(C(NC)C2CN3CCN2CC3)c1. The van der Waals surface area contributed by atoms with Crippen LogP contribution >= 0.6 is 0 Å². The van der Waals surface area contributed by atoms with Gasteiger partial charge < -0.3 is 10.1 Å². The van der Waals surface area contributed by atoms with E-state index < -0.39 is 0 Å². The summed E-state index contributed by atoms with van der Waals surface area (Å²) in [6.07, 6.45) is 4.80. The van der Waals surface area contributed by atoms with Crippen LogP contribution in [0.3, 0.4) is 0 Å². The third-order valence-corrected chi connectivity index (χ3v) is 4.58. The smallest absolute Gasteiger partial charge is 0.137 e. The molecule has 1 aromatic heterocycles. The highest BCUT2D eigenvalue weighted by atomic mass is 16.5. The monoisotopic (exact) mass is 290 g/mol. The molecule has 2 unspecified atom stereocenters. The summed E-state index contributed by atoms with van der Waals surface area (Å²) in [4.78, 5) is 9.55. The molecular weight excluding hydrogens is 264 g/mol. The number of nitrogens with zero attached hydrogens (tertiary/aromatic N) is 3. The van der Waals surface area contributed by atoms with Gasteiger partial charge in [-0.2, -0.15) is 0 Å². The van der Waals surface area contributed by atoms with Gasteiger partial charge in [0, 0.05) is 45.0 Å². The molecule has 0 spiro atoms. The molecule has 0 saturated carbocycles. The zero-order valence-electron chi connectivity index (χ0n) is 13.1. The average molecular weight is 290 g/mol. The number of ether oxygens (including phenoxy) is 1. The van der Waals surface area contributed by atoms with Crippen LogP contribution in [0.2, 0.25) is 0 Å². The van der Waals surface area contributed by atoms with Crippen molar-refractivity contribution >= 4 is 0 Å². The third kappa shape index (κ3) is 3.20. The van der Waals surface area contributed by atoms with Gasteiger partial charge in [-0.15, -0.1) is 0 Å². The second-order valence-corrected chi connectivity index (χ2v) is 5.97. The number of nitrogens with one attached hydrogen (secondary N) is 1. The van der Waals surface area contributed by atoms with Crippen LogP contribution in [-0.4, -0.2) is 67.2 Å². The lowest BCUT2D eigenvalue weighted by Crippen LogP contribution is -2.63. The van der Waals surface area contributed by atoms with Gasteiger partial charge in [0.15, 0.2) is 0 Å².